The summed E-state index contributed by atoms with van der Waals surface area (Å²) < 4.78 is 37.6. The van der Waals surface area contributed by atoms with Crippen LogP contribution in [0.25, 0.3) is 0 Å². The van der Waals surface area contributed by atoms with Crippen LogP contribution in [0.4, 0.5) is 13.2 Å². The fraction of sp³-hybridized carbons (Fsp3) is 1.00. The molecule has 0 aromatic heterocycles. The summed E-state index contributed by atoms with van der Waals surface area (Å²) in [5.41, 5.74) is 0. The molecule has 1 N–H and O–H groups in total. The number of nitrogens with one attached hydrogen (secondary N) is 1. The normalized spacial score (nSPS) is 30.5. The second-order valence-electron chi connectivity index (χ2n) is 5.50. The van der Waals surface area contributed by atoms with Gasteiger partial charge in [-0.05, 0) is 25.7 Å². The molecule has 0 atom stereocenters. The molecule has 1 aliphatic carbocycles. The van der Waals surface area contributed by atoms with Gasteiger partial charge in [-0.3, -0.25) is 0 Å². The van der Waals surface area contributed by atoms with Gasteiger partial charge in [0.25, 0.3) is 0 Å². The number of thioether (sulfide) groups is 1. The van der Waals surface area contributed by atoms with Crippen molar-refractivity contribution in [3.05, 3.63) is 0 Å². The molecule has 0 unspecified atom stereocenters. The van der Waals surface area contributed by atoms with Crippen LogP contribution < -0.4 is 5.32 Å². The number of hydrogen-bond acceptors (Lipinski definition) is 3. The highest BCUT2D eigenvalue weighted by Crippen LogP contribution is 2.37. The first kappa shape index (κ1) is 15.4. The molecule has 0 spiro atoms. The largest absolute Gasteiger partial charge is 0.391 e. The van der Waals surface area contributed by atoms with Crippen molar-refractivity contribution in [2.75, 3.05) is 37.7 Å². The Bertz CT molecular complexity index is 259. The summed E-state index contributed by atoms with van der Waals surface area (Å²) >= 11 is 1.99. The summed E-state index contributed by atoms with van der Waals surface area (Å²) in [5, 5.41) is 3.43. The zero-order valence-electron chi connectivity index (χ0n) is 11.2. The first-order valence-electron chi connectivity index (χ1n) is 7.16. The third-order valence-corrected chi connectivity index (χ3v) is 5.10. The molecule has 2 aliphatic rings. The molecule has 1 aliphatic heterocycles. The molecule has 1 heterocycles. The average molecular weight is 296 g/mol. The van der Waals surface area contributed by atoms with Gasteiger partial charge in [-0.1, -0.05) is 0 Å². The Morgan fingerprint density at radius 2 is 1.68 bits per heavy atom. The quantitative estimate of drug-likeness (QED) is 0.859. The van der Waals surface area contributed by atoms with Crippen molar-refractivity contribution < 1.29 is 13.2 Å². The monoisotopic (exact) mass is 296 g/mol. The van der Waals surface area contributed by atoms with Crippen LogP contribution in [0, 0.1) is 5.92 Å². The lowest BCUT2D eigenvalue weighted by molar-refractivity contribution is -0.182. The van der Waals surface area contributed by atoms with Gasteiger partial charge in [0.15, 0.2) is 0 Å². The summed E-state index contributed by atoms with van der Waals surface area (Å²) in [6.45, 7) is 4.23. The highest BCUT2D eigenvalue weighted by Gasteiger charge is 2.41. The van der Waals surface area contributed by atoms with Crippen LogP contribution in [-0.4, -0.2) is 54.8 Å². The smallest absolute Gasteiger partial charge is 0.313 e. The van der Waals surface area contributed by atoms with Crippen LogP contribution in [0.1, 0.15) is 25.7 Å². The van der Waals surface area contributed by atoms with E-state index in [1.165, 1.54) is 11.5 Å². The Hall–Kier alpha value is 0.0600. The fourth-order valence-corrected chi connectivity index (χ4v) is 3.86. The topological polar surface area (TPSA) is 15.3 Å². The van der Waals surface area contributed by atoms with E-state index in [0.717, 1.165) is 26.2 Å². The molecule has 112 valence electrons. The van der Waals surface area contributed by atoms with E-state index >= 15 is 0 Å². The van der Waals surface area contributed by atoms with Crippen molar-refractivity contribution in [3.8, 4) is 0 Å². The van der Waals surface area contributed by atoms with Crippen LogP contribution >= 0.6 is 11.8 Å². The molecule has 0 aromatic carbocycles. The highest BCUT2D eigenvalue weighted by molar-refractivity contribution is 7.99. The number of nitrogens with zero attached hydrogens (tertiary/aromatic N) is 1. The maximum atomic E-state index is 12.5. The lowest BCUT2D eigenvalue weighted by atomic mass is 9.85. The first-order valence-corrected chi connectivity index (χ1v) is 8.31. The Balaban J connectivity index is 1.58. The maximum absolute atomic E-state index is 12.5. The number of rotatable bonds is 4. The molecular formula is C13H23F3N2S. The van der Waals surface area contributed by atoms with Gasteiger partial charge in [-0.2, -0.15) is 24.9 Å². The molecule has 2 rings (SSSR count). The minimum atomic E-state index is -3.99. The van der Waals surface area contributed by atoms with Gasteiger partial charge in [0, 0.05) is 43.7 Å². The summed E-state index contributed by atoms with van der Waals surface area (Å²) in [6.07, 6.45) is -2.07. The van der Waals surface area contributed by atoms with Gasteiger partial charge in [0.05, 0.1) is 5.92 Å². The minimum absolute atomic E-state index is 0.290. The summed E-state index contributed by atoms with van der Waals surface area (Å²) in [5.74, 6) is 1.34. The van der Waals surface area contributed by atoms with Crippen molar-refractivity contribution in [1.82, 2.24) is 10.2 Å². The lowest BCUT2D eigenvalue weighted by Gasteiger charge is -2.31. The van der Waals surface area contributed by atoms with E-state index < -0.39 is 12.1 Å². The summed E-state index contributed by atoms with van der Waals surface area (Å²) in [7, 11) is 0. The number of halogens is 3. The fourth-order valence-electron chi connectivity index (χ4n) is 2.88. The first-order chi connectivity index (χ1) is 9.05. The second-order valence-corrected chi connectivity index (χ2v) is 6.72. The summed E-state index contributed by atoms with van der Waals surface area (Å²) in [6, 6.07) is 0.290. The zero-order chi connectivity index (χ0) is 13.7. The SMILES string of the molecule is FC(F)(F)C1CCC(NCCN2CCSCC2)CC1. The standard InChI is InChI=1S/C13H23F3N2S/c14-13(15,16)11-1-3-12(4-2-11)17-5-6-18-7-9-19-10-8-18/h11-12,17H,1-10H2. The van der Waals surface area contributed by atoms with Crippen LogP contribution in [0.5, 0.6) is 0 Å². The van der Waals surface area contributed by atoms with Gasteiger partial charge >= 0.3 is 6.18 Å². The molecule has 1 saturated carbocycles. The average Bonchev–Trinajstić information content (AvgIpc) is 2.39. The maximum Gasteiger partial charge on any atom is 0.391 e. The number of hydrogen-bond donors (Lipinski definition) is 1. The van der Waals surface area contributed by atoms with E-state index in [-0.39, 0.29) is 6.04 Å². The number of alkyl halides is 3. The lowest BCUT2D eigenvalue weighted by Crippen LogP contribution is -2.42. The molecular weight excluding hydrogens is 273 g/mol. The minimum Gasteiger partial charge on any atom is -0.313 e. The Labute approximate surface area is 117 Å². The second kappa shape index (κ2) is 7.18. The Morgan fingerprint density at radius 3 is 2.26 bits per heavy atom. The highest BCUT2D eigenvalue weighted by atomic mass is 32.2. The third kappa shape index (κ3) is 5.16. The van der Waals surface area contributed by atoms with Gasteiger partial charge in [-0.15, -0.1) is 0 Å². The van der Waals surface area contributed by atoms with Crippen LogP contribution in [0.2, 0.25) is 0 Å². The molecule has 19 heavy (non-hydrogen) atoms. The van der Waals surface area contributed by atoms with E-state index in [2.05, 4.69) is 10.2 Å². The predicted molar refractivity (Wildman–Crippen MR) is 73.6 cm³/mol. The van der Waals surface area contributed by atoms with Crippen molar-refractivity contribution in [3.63, 3.8) is 0 Å². The Morgan fingerprint density at radius 1 is 1.05 bits per heavy atom. The van der Waals surface area contributed by atoms with Crippen molar-refractivity contribution >= 4 is 11.8 Å². The van der Waals surface area contributed by atoms with Crippen LogP contribution in [0.15, 0.2) is 0 Å². The van der Waals surface area contributed by atoms with Crippen LogP contribution in [-0.2, 0) is 0 Å². The van der Waals surface area contributed by atoms with E-state index in [4.69, 9.17) is 0 Å². The summed E-state index contributed by atoms with van der Waals surface area (Å²) in [4.78, 5) is 2.44. The van der Waals surface area contributed by atoms with Gasteiger partial charge in [-0.25, -0.2) is 0 Å². The van der Waals surface area contributed by atoms with Crippen molar-refractivity contribution in [1.29, 1.82) is 0 Å². The van der Waals surface area contributed by atoms with Gasteiger partial charge in [0.1, 0.15) is 0 Å². The van der Waals surface area contributed by atoms with Crippen molar-refractivity contribution in [2.24, 2.45) is 5.92 Å². The molecule has 0 amide bonds. The van der Waals surface area contributed by atoms with Crippen LogP contribution in [0.3, 0.4) is 0 Å². The molecule has 2 nitrogen and oxygen atoms in total. The molecule has 1 saturated heterocycles. The van der Waals surface area contributed by atoms with E-state index in [0.29, 0.717) is 25.7 Å². The third-order valence-electron chi connectivity index (χ3n) is 4.15. The van der Waals surface area contributed by atoms with E-state index in [9.17, 15) is 13.2 Å². The van der Waals surface area contributed by atoms with Crippen molar-refractivity contribution in [2.45, 2.75) is 37.9 Å². The van der Waals surface area contributed by atoms with Gasteiger partial charge < -0.3 is 10.2 Å². The molecule has 6 heteroatoms. The van der Waals surface area contributed by atoms with E-state index in [1.807, 2.05) is 11.8 Å². The molecule has 0 radical (unpaired) electrons. The molecule has 2 fully saturated rings. The molecule has 0 aromatic rings. The van der Waals surface area contributed by atoms with Gasteiger partial charge in [0.2, 0.25) is 0 Å². The predicted octanol–water partition coefficient (Wildman–Crippen LogP) is 2.75. The Kier molecular flexibility index (Phi) is 5.84. The van der Waals surface area contributed by atoms with E-state index in [1.54, 1.807) is 0 Å². The zero-order valence-corrected chi connectivity index (χ0v) is 12.0. The molecule has 0 bridgehead atoms.